The van der Waals surface area contributed by atoms with Crippen LogP contribution in [0.3, 0.4) is 0 Å². The molecular formula is C18H25NO3. The molecule has 1 aliphatic heterocycles. The van der Waals surface area contributed by atoms with Crippen LogP contribution in [0, 0.1) is 5.92 Å². The van der Waals surface area contributed by atoms with Gasteiger partial charge in [0, 0.05) is 18.5 Å². The lowest BCUT2D eigenvalue weighted by atomic mass is 10.0. The molecule has 1 amide bonds. The van der Waals surface area contributed by atoms with Crippen molar-refractivity contribution in [3.8, 4) is 0 Å². The Balaban J connectivity index is 2.03. The summed E-state index contributed by atoms with van der Waals surface area (Å²) in [5.41, 5.74) is 0.972. The molecule has 1 aromatic rings. The Kier molecular flexibility index (Phi) is 5.58. The summed E-state index contributed by atoms with van der Waals surface area (Å²) >= 11 is 0. The van der Waals surface area contributed by atoms with Gasteiger partial charge in [-0.25, -0.2) is 4.79 Å². The van der Waals surface area contributed by atoms with E-state index in [0.29, 0.717) is 12.3 Å². The molecule has 1 fully saturated rings. The standard InChI is InChI=1S/C18H25NO3/c1-13(2)17-10-9-16(11-14(3)20)19(17)18(21)22-12-15-7-5-4-6-8-15/h4-8,13,16-17H,9-12H2,1-3H3/t16-,17-/m1/s1. The second-order valence-corrected chi connectivity index (χ2v) is 6.40. The van der Waals surface area contributed by atoms with Crippen molar-refractivity contribution in [2.75, 3.05) is 0 Å². The second-order valence-electron chi connectivity index (χ2n) is 6.40. The number of benzene rings is 1. The van der Waals surface area contributed by atoms with E-state index in [1.54, 1.807) is 11.8 Å². The lowest BCUT2D eigenvalue weighted by Crippen LogP contribution is -2.44. The quantitative estimate of drug-likeness (QED) is 0.831. The fourth-order valence-corrected chi connectivity index (χ4v) is 3.18. The average Bonchev–Trinajstić information content (AvgIpc) is 2.89. The molecule has 4 nitrogen and oxygen atoms in total. The molecule has 2 rings (SSSR count). The molecule has 22 heavy (non-hydrogen) atoms. The minimum atomic E-state index is -0.300. The third kappa shape index (κ3) is 4.09. The van der Waals surface area contributed by atoms with Crippen LogP contribution in [0.1, 0.15) is 45.6 Å². The molecule has 0 unspecified atom stereocenters. The minimum Gasteiger partial charge on any atom is -0.445 e. The molecule has 2 atom stereocenters. The maximum Gasteiger partial charge on any atom is 0.410 e. The third-order valence-corrected chi connectivity index (χ3v) is 4.25. The van der Waals surface area contributed by atoms with Gasteiger partial charge in [-0.15, -0.1) is 0 Å². The van der Waals surface area contributed by atoms with Gasteiger partial charge < -0.3 is 9.64 Å². The molecule has 0 radical (unpaired) electrons. The van der Waals surface area contributed by atoms with Gasteiger partial charge in [0.25, 0.3) is 0 Å². The molecule has 0 spiro atoms. The lowest BCUT2D eigenvalue weighted by Gasteiger charge is -2.31. The summed E-state index contributed by atoms with van der Waals surface area (Å²) in [6, 6.07) is 9.79. The summed E-state index contributed by atoms with van der Waals surface area (Å²) in [5.74, 6) is 0.483. The van der Waals surface area contributed by atoms with Crippen LogP contribution < -0.4 is 0 Å². The van der Waals surface area contributed by atoms with Crippen LogP contribution >= 0.6 is 0 Å². The Morgan fingerprint density at radius 2 is 1.91 bits per heavy atom. The molecule has 1 saturated heterocycles. The highest BCUT2D eigenvalue weighted by molar-refractivity contribution is 5.77. The fraction of sp³-hybridized carbons (Fsp3) is 0.556. The zero-order chi connectivity index (χ0) is 16.1. The number of nitrogens with zero attached hydrogens (tertiary/aromatic N) is 1. The van der Waals surface area contributed by atoms with Gasteiger partial charge in [0.05, 0.1) is 0 Å². The van der Waals surface area contributed by atoms with E-state index in [0.717, 1.165) is 18.4 Å². The summed E-state index contributed by atoms with van der Waals surface area (Å²) in [7, 11) is 0. The topological polar surface area (TPSA) is 46.6 Å². The number of likely N-dealkylation sites (tertiary alicyclic amines) is 1. The SMILES string of the molecule is CC(=O)C[C@H]1CC[C@H](C(C)C)N1C(=O)OCc1ccccc1. The largest absolute Gasteiger partial charge is 0.445 e. The molecular weight excluding hydrogens is 278 g/mol. The Labute approximate surface area is 132 Å². The molecule has 1 aromatic carbocycles. The molecule has 4 heteroatoms. The first kappa shape index (κ1) is 16.5. The van der Waals surface area contributed by atoms with Crippen LogP contribution in [0.2, 0.25) is 0 Å². The second kappa shape index (κ2) is 7.43. The third-order valence-electron chi connectivity index (χ3n) is 4.25. The number of Topliss-reactive ketones (excluding diaryl/α,β-unsaturated/α-hetero) is 1. The Bertz CT molecular complexity index is 512. The smallest absolute Gasteiger partial charge is 0.410 e. The van der Waals surface area contributed by atoms with E-state index in [4.69, 9.17) is 4.74 Å². The van der Waals surface area contributed by atoms with Gasteiger partial charge in [-0.3, -0.25) is 4.79 Å². The van der Waals surface area contributed by atoms with Gasteiger partial charge in [-0.2, -0.15) is 0 Å². The summed E-state index contributed by atoms with van der Waals surface area (Å²) in [6.07, 6.45) is 1.94. The van der Waals surface area contributed by atoms with Gasteiger partial charge in [0.1, 0.15) is 12.4 Å². The van der Waals surface area contributed by atoms with Gasteiger partial charge in [0.15, 0.2) is 0 Å². The van der Waals surface area contributed by atoms with Crippen molar-refractivity contribution < 1.29 is 14.3 Å². The molecule has 1 aliphatic rings. The molecule has 0 bridgehead atoms. The lowest BCUT2D eigenvalue weighted by molar-refractivity contribution is -0.118. The maximum absolute atomic E-state index is 12.5. The summed E-state index contributed by atoms with van der Waals surface area (Å²) < 4.78 is 5.48. The van der Waals surface area contributed by atoms with Gasteiger partial charge in [-0.1, -0.05) is 44.2 Å². The van der Waals surface area contributed by atoms with E-state index in [9.17, 15) is 9.59 Å². The van der Waals surface area contributed by atoms with Crippen molar-refractivity contribution in [1.29, 1.82) is 0 Å². The number of hydrogen-bond acceptors (Lipinski definition) is 3. The Morgan fingerprint density at radius 1 is 1.23 bits per heavy atom. The zero-order valence-corrected chi connectivity index (χ0v) is 13.6. The first-order valence-electron chi connectivity index (χ1n) is 7.97. The zero-order valence-electron chi connectivity index (χ0n) is 13.6. The minimum absolute atomic E-state index is 0.0202. The molecule has 1 heterocycles. The number of ether oxygens (including phenoxy) is 1. The Morgan fingerprint density at radius 3 is 2.50 bits per heavy atom. The maximum atomic E-state index is 12.5. The number of ketones is 1. The highest BCUT2D eigenvalue weighted by Gasteiger charge is 2.39. The first-order chi connectivity index (χ1) is 10.5. The van der Waals surface area contributed by atoms with E-state index in [-0.39, 0.29) is 30.6 Å². The van der Waals surface area contributed by atoms with Crippen LogP contribution in [0.15, 0.2) is 30.3 Å². The average molecular weight is 303 g/mol. The number of amides is 1. The monoisotopic (exact) mass is 303 g/mol. The predicted octanol–water partition coefficient (Wildman–Crippen LogP) is 3.79. The van der Waals surface area contributed by atoms with Gasteiger partial charge >= 0.3 is 6.09 Å². The number of carbonyl (C=O) groups is 2. The summed E-state index contributed by atoms with van der Waals surface area (Å²) in [4.78, 5) is 25.8. The molecule has 0 saturated carbocycles. The van der Waals surface area contributed by atoms with Crippen LogP contribution in [0.5, 0.6) is 0 Å². The highest BCUT2D eigenvalue weighted by atomic mass is 16.6. The van der Waals surface area contributed by atoms with Crippen molar-refractivity contribution in [3.05, 3.63) is 35.9 Å². The van der Waals surface area contributed by atoms with Gasteiger partial charge in [-0.05, 0) is 31.2 Å². The van der Waals surface area contributed by atoms with Gasteiger partial charge in [0.2, 0.25) is 0 Å². The van der Waals surface area contributed by atoms with E-state index in [1.807, 2.05) is 30.3 Å². The van der Waals surface area contributed by atoms with Crippen LogP contribution in [-0.4, -0.2) is 28.9 Å². The number of rotatable bonds is 5. The molecule has 120 valence electrons. The van der Waals surface area contributed by atoms with Crippen LogP contribution in [-0.2, 0) is 16.1 Å². The van der Waals surface area contributed by atoms with Crippen molar-refractivity contribution in [2.45, 2.75) is 58.7 Å². The molecule has 0 aliphatic carbocycles. The Hall–Kier alpha value is -1.84. The normalized spacial score (nSPS) is 21.2. The van der Waals surface area contributed by atoms with Crippen molar-refractivity contribution in [1.82, 2.24) is 4.90 Å². The fourth-order valence-electron chi connectivity index (χ4n) is 3.18. The molecule has 0 N–H and O–H groups in total. The molecule has 0 aromatic heterocycles. The van der Waals surface area contributed by atoms with E-state index in [1.165, 1.54) is 0 Å². The van der Waals surface area contributed by atoms with Crippen molar-refractivity contribution in [3.63, 3.8) is 0 Å². The predicted molar refractivity (Wildman–Crippen MR) is 85.4 cm³/mol. The van der Waals surface area contributed by atoms with Crippen molar-refractivity contribution in [2.24, 2.45) is 5.92 Å². The van der Waals surface area contributed by atoms with E-state index >= 15 is 0 Å². The van der Waals surface area contributed by atoms with Crippen LogP contribution in [0.4, 0.5) is 4.79 Å². The summed E-state index contributed by atoms with van der Waals surface area (Å²) in [6.45, 7) is 6.07. The summed E-state index contributed by atoms with van der Waals surface area (Å²) in [5, 5.41) is 0. The first-order valence-corrected chi connectivity index (χ1v) is 7.97. The van der Waals surface area contributed by atoms with E-state index < -0.39 is 0 Å². The number of carbonyl (C=O) groups excluding carboxylic acids is 2. The number of hydrogen-bond donors (Lipinski definition) is 0. The van der Waals surface area contributed by atoms with Crippen LogP contribution in [0.25, 0.3) is 0 Å². The van der Waals surface area contributed by atoms with E-state index in [2.05, 4.69) is 13.8 Å². The van der Waals surface area contributed by atoms with Crippen molar-refractivity contribution >= 4 is 11.9 Å². The highest BCUT2D eigenvalue weighted by Crippen LogP contribution is 2.31.